The third kappa shape index (κ3) is 2.79. The Morgan fingerprint density at radius 1 is 0.644 bits per heavy atom. The monoisotopic (exact) mass is 777 g/mol. The molecular formula is C54H55N3O2. The summed E-state index contributed by atoms with van der Waals surface area (Å²) in [4.78, 5) is 11.9. The zero-order valence-corrected chi connectivity index (χ0v) is 34.4. The van der Waals surface area contributed by atoms with Gasteiger partial charge in [-0.1, -0.05) is 51.6 Å². The van der Waals surface area contributed by atoms with Crippen molar-refractivity contribution in [3.05, 3.63) is 91.6 Å². The molecular weight excluding hydrogens is 723 g/mol. The maximum atomic E-state index is 12.1. The van der Waals surface area contributed by atoms with Gasteiger partial charge in [-0.05, 0) is 225 Å². The fraction of sp³-hybridized carbons (Fsp3) is 0.685. The highest BCUT2D eigenvalue weighted by molar-refractivity contribution is 6.08. The molecule has 27 unspecified atom stereocenters. The van der Waals surface area contributed by atoms with E-state index in [1.807, 2.05) is 11.1 Å². The van der Waals surface area contributed by atoms with Crippen LogP contribution in [0.2, 0.25) is 0 Å². The van der Waals surface area contributed by atoms with Gasteiger partial charge in [0.15, 0.2) is 0 Å². The lowest BCUT2D eigenvalue weighted by molar-refractivity contribution is -0.384. The number of nitrogens with zero attached hydrogens (tertiary/aromatic N) is 3. The average molecular weight is 778 g/mol. The number of anilines is 1. The summed E-state index contributed by atoms with van der Waals surface area (Å²) in [5.41, 5.74) is 14.7. The summed E-state index contributed by atoms with van der Waals surface area (Å²) in [5, 5.41) is 20.8. The van der Waals surface area contributed by atoms with E-state index in [1.165, 1.54) is 48.1 Å². The van der Waals surface area contributed by atoms with Crippen LogP contribution >= 0.6 is 0 Å². The molecule has 19 rings (SSSR count). The van der Waals surface area contributed by atoms with Crippen LogP contribution in [0.5, 0.6) is 0 Å². The van der Waals surface area contributed by atoms with Crippen LogP contribution in [0.1, 0.15) is 68.1 Å². The molecule has 1 spiro atoms. The number of fused-ring (bicyclic) bond motifs is 1. The maximum Gasteiger partial charge on any atom is 0.269 e. The summed E-state index contributed by atoms with van der Waals surface area (Å²) >= 11 is 0. The van der Waals surface area contributed by atoms with Crippen molar-refractivity contribution in [2.45, 2.75) is 70.8 Å². The third-order valence-electron chi connectivity index (χ3n) is 25.1. The molecule has 59 heavy (non-hydrogen) atoms. The SMILES string of the molecule is Cc1cc(C)cc(C2=NN(c3ccc([N+](=O)[O-])cc3)C34CC5CC6CC7CC8CC9CC%10CC%11=C%12C%13C(=C(C%11)C23)C2C3C%13C%11C(C%12%10)C9C9C8C7C7C6C(C3C7C9%11)C5C24)c1. The first kappa shape index (κ1) is 30.8. The summed E-state index contributed by atoms with van der Waals surface area (Å²) in [6.45, 7) is 4.58. The highest BCUT2D eigenvalue weighted by Crippen LogP contribution is 2.92. The minimum Gasteiger partial charge on any atom is -0.258 e. The number of hydrazone groups is 1. The lowest BCUT2D eigenvalue weighted by Crippen LogP contribution is -2.63. The standard InChI is InChI=1S/C54H55N3O2/c1-18-7-19(2)9-26(8-18)53-51-30-16-25-14-22-12-23-11-20-10-21-13-24-15-27-17-54(51,56(55-53)28-3-5-29(6-4-28)57(58)59)52-37(27)42-36(24)41-32(21)31(20)39-35(23)40-33(22)34(25)43-38(30)50(52)49-47(42)45(41)44(39)46(40)48(43)49/h3-9,20-24,27,31-33,35-37,39-52H,10-17H2,1-2H3. The van der Waals surface area contributed by atoms with Crippen LogP contribution in [-0.4, -0.2) is 16.2 Å². The molecule has 298 valence electrons. The largest absolute Gasteiger partial charge is 0.269 e. The molecule has 0 amide bonds. The summed E-state index contributed by atoms with van der Waals surface area (Å²) in [7, 11) is 0. The maximum absolute atomic E-state index is 12.1. The fourth-order valence-corrected chi connectivity index (χ4v) is 26.2. The van der Waals surface area contributed by atoms with Gasteiger partial charge in [-0.2, -0.15) is 5.10 Å². The molecule has 16 aliphatic carbocycles. The van der Waals surface area contributed by atoms with Crippen LogP contribution in [0.4, 0.5) is 11.4 Å². The molecule has 0 radical (unpaired) electrons. The van der Waals surface area contributed by atoms with E-state index in [0.717, 1.165) is 148 Å². The van der Waals surface area contributed by atoms with E-state index in [0.29, 0.717) is 11.8 Å². The van der Waals surface area contributed by atoms with Crippen LogP contribution in [0.15, 0.2) is 69.9 Å². The molecule has 0 bridgehead atoms. The predicted octanol–water partition coefficient (Wildman–Crippen LogP) is 10.1. The van der Waals surface area contributed by atoms with Crippen molar-refractivity contribution in [1.29, 1.82) is 0 Å². The van der Waals surface area contributed by atoms with Crippen LogP contribution < -0.4 is 5.01 Å². The number of rotatable bonds is 3. The number of hydrogen-bond acceptors (Lipinski definition) is 4. The van der Waals surface area contributed by atoms with E-state index in [2.05, 4.69) is 60.3 Å². The molecule has 5 nitrogen and oxygen atoms in total. The fourth-order valence-electron chi connectivity index (χ4n) is 26.2. The van der Waals surface area contributed by atoms with Crippen molar-refractivity contribution in [1.82, 2.24) is 0 Å². The number of benzene rings is 2. The lowest BCUT2D eigenvalue weighted by atomic mass is 9.42. The molecule has 27 atom stereocenters. The summed E-state index contributed by atoms with van der Waals surface area (Å²) in [5.74, 6) is 24.6. The first-order chi connectivity index (χ1) is 28.9. The Hall–Kier alpha value is -3.21. The molecule has 13 fully saturated rings. The quantitative estimate of drug-likeness (QED) is 0.177. The molecule has 17 aliphatic rings. The molecule has 13 saturated carbocycles. The molecule has 0 N–H and O–H groups in total. The van der Waals surface area contributed by atoms with Gasteiger partial charge in [0.05, 0.1) is 27.8 Å². The smallest absolute Gasteiger partial charge is 0.258 e. The highest BCUT2D eigenvalue weighted by atomic mass is 16.6. The van der Waals surface area contributed by atoms with Crippen LogP contribution in [0, 0.1) is 178 Å². The lowest BCUT2D eigenvalue weighted by Gasteiger charge is -2.62. The molecule has 1 heterocycles. The Kier molecular flexibility index (Phi) is 4.69. The Morgan fingerprint density at radius 2 is 1.22 bits per heavy atom. The van der Waals surface area contributed by atoms with Gasteiger partial charge in [-0.15, -0.1) is 0 Å². The van der Waals surface area contributed by atoms with Crippen LogP contribution in [0.25, 0.3) is 0 Å². The minimum absolute atomic E-state index is 0.0781. The van der Waals surface area contributed by atoms with Gasteiger partial charge in [0.2, 0.25) is 0 Å². The van der Waals surface area contributed by atoms with Gasteiger partial charge in [0, 0.05) is 18.1 Å². The molecule has 2 aromatic carbocycles. The molecule has 5 heteroatoms. The van der Waals surface area contributed by atoms with Crippen molar-refractivity contribution in [2.75, 3.05) is 5.01 Å². The third-order valence-corrected chi connectivity index (χ3v) is 25.1. The van der Waals surface area contributed by atoms with E-state index in [4.69, 9.17) is 5.10 Å². The van der Waals surface area contributed by atoms with Crippen molar-refractivity contribution in [2.24, 2.45) is 159 Å². The Bertz CT molecular complexity index is 2580. The number of allylic oxidation sites excluding steroid dienone is 3. The second-order valence-electron chi connectivity index (χ2n) is 25.4. The number of aryl methyl sites for hydroxylation is 2. The number of non-ortho nitro benzene ring substituents is 1. The van der Waals surface area contributed by atoms with Crippen molar-refractivity contribution < 1.29 is 4.92 Å². The van der Waals surface area contributed by atoms with Gasteiger partial charge in [0.1, 0.15) is 0 Å². The topological polar surface area (TPSA) is 58.7 Å². The number of nitro benzene ring substituents is 1. The zero-order chi connectivity index (χ0) is 37.8. The molecule has 0 saturated heterocycles. The summed E-state index contributed by atoms with van der Waals surface area (Å²) in [6.07, 6.45) is 11.9. The van der Waals surface area contributed by atoms with Crippen LogP contribution in [-0.2, 0) is 0 Å². The predicted molar refractivity (Wildman–Crippen MR) is 222 cm³/mol. The number of nitro groups is 1. The van der Waals surface area contributed by atoms with E-state index < -0.39 is 0 Å². The Balaban J connectivity index is 0.933. The minimum atomic E-state index is -0.209. The first-order valence-electron chi connectivity index (χ1n) is 25.1. The Morgan fingerprint density at radius 3 is 1.93 bits per heavy atom. The second-order valence-corrected chi connectivity index (χ2v) is 25.4. The van der Waals surface area contributed by atoms with E-state index in [-0.39, 0.29) is 16.1 Å². The van der Waals surface area contributed by atoms with Gasteiger partial charge in [-0.25, -0.2) is 0 Å². The van der Waals surface area contributed by atoms with Crippen molar-refractivity contribution in [3.63, 3.8) is 0 Å². The molecule has 1 aliphatic heterocycles. The van der Waals surface area contributed by atoms with E-state index >= 15 is 0 Å². The summed E-state index contributed by atoms with van der Waals surface area (Å²) < 4.78 is 0. The van der Waals surface area contributed by atoms with Gasteiger partial charge >= 0.3 is 0 Å². The zero-order valence-electron chi connectivity index (χ0n) is 34.4. The highest BCUT2D eigenvalue weighted by Gasteiger charge is 2.88. The average Bonchev–Trinajstić information content (AvgIpc) is 4.07. The van der Waals surface area contributed by atoms with Crippen molar-refractivity contribution in [3.8, 4) is 0 Å². The van der Waals surface area contributed by atoms with Crippen molar-refractivity contribution >= 4 is 17.1 Å². The van der Waals surface area contributed by atoms with Gasteiger partial charge < -0.3 is 0 Å². The van der Waals surface area contributed by atoms with Gasteiger partial charge in [-0.3, -0.25) is 15.1 Å². The first-order valence-corrected chi connectivity index (χ1v) is 25.1. The molecule has 0 aromatic heterocycles. The van der Waals surface area contributed by atoms with E-state index in [9.17, 15) is 10.1 Å². The van der Waals surface area contributed by atoms with E-state index in [1.54, 1.807) is 37.8 Å². The van der Waals surface area contributed by atoms with Gasteiger partial charge in [0.25, 0.3) is 5.69 Å². The van der Waals surface area contributed by atoms with Crippen LogP contribution in [0.3, 0.4) is 0 Å². The second kappa shape index (κ2) is 8.99. The number of hydrogen-bond donors (Lipinski definition) is 0. The summed E-state index contributed by atoms with van der Waals surface area (Å²) in [6, 6.07) is 15.1. The molecule has 2 aromatic rings. The Labute approximate surface area is 347 Å². The normalized spacial score (nSPS) is 61.0.